The van der Waals surface area contributed by atoms with E-state index in [9.17, 15) is 0 Å². The maximum absolute atomic E-state index is 4.82. The van der Waals surface area contributed by atoms with Crippen LogP contribution in [0.5, 0.6) is 0 Å². The monoisotopic (exact) mass is 560 g/mol. The summed E-state index contributed by atoms with van der Waals surface area (Å²) in [6, 6.07) is 12.3. The number of rotatable bonds is 3. The van der Waals surface area contributed by atoms with Crippen molar-refractivity contribution in [3.8, 4) is 11.3 Å². The number of nitrogens with one attached hydrogen (secondary N) is 1. The summed E-state index contributed by atoms with van der Waals surface area (Å²) in [6.07, 6.45) is 0.758. The van der Waals surface area contributed by atoms with Gasteiger partial charge >= 0.3 is 0 Å². The maximum Gasteiger partial charge on any atom is 0.111 e. The van der Waals surface area contributed by atoms with Crippen LogP contribution < -0.4 is 0 Å². The summed E-state index contributed by atoms with van der Waals surface area (Å²) in [4.78, 5) is 8.22. The largest absolute Gasteiger partial charge is 0.345 e. The molecule has 2 aromatic carbocycles. The number of benzene rings is 2. The van der Waals surface area contributed by atoms with E-state index in [2.05, 4.69) is 74.8 Å². The Morgan fingerprint density at radius 1 is 0.957 bits per heavy atom. The van der Waals surface area contributed by atoms with Crippen LogP contribution in [0.4, 0.5) is 0 Å². The number of imidazole rings is 1. The summed E-state index contributed by atoms with van der Waals surface area (Å²) in [6.45, 7) is 2.05. The lowest BCUT2D eigenvalue weighted by Crippen LogP contribution is -1.92. The number of aromatic amines is 1. The van der Waals surface area contributed by atoms with Crippen molar-refractivity contribution in [3.05, 3.63) is 71.4 Å². The van der Waals surface area contributed by atoms with Crippen molar-refractivity contribution in [2.75, 3.05) is 0 Å². The van der Waals surface area contributed by atoms with Crippen LogP contribution >= 0.6 is 63.7 Å². The van der Waals surface area contributed by atoms with E-state index in [4.69, 9.17) is 4.98 Å². The molecule has 118 valence electrons. The molecule has 1 N–H and O–H groups in total. The Hall–Kier alpha value is -0.430. The molecule has 0 amide bonds. The summed E-state index contributed by atoms with van der Waals surface area (Å²) >= 11 is 14.4. The van der Waals surface area contributed by atoms with Gasteiger partial charge in [-0.15, -0.1) is 0 Å². The number of hydrogen-bond acceptors (Lipinski definition) is 1. The third kappa shape index (κ3) is 3.81. The van der Waals surface area contributed by atoms with E-state index in [0.29, 0.717) is 0 Å². The first kappa shape index (κ1) is 17.4. The first-order valence-corrected chi connectivity index (χ1v) is 10.1. The van der Waals surface area contributed by atoms with Gasteiger partial charge in [-0.1, -0.05) is 81.9 Å². The number of hydrogen-bond donors (Lipinski definition) is 1. The van der Waals surface area contributed by atoms with E-state index in [-0.39, 0.29) is 0 Å². The van der Waals surface area contributed by atoms with Gasteiger partial charge in [-0.3, -0.25) is 0 Å². The second kappa shape index (κ2) is 7.21. The molecule has 0 spiro atoms. The first-order valence-electron chi connectivity index (χ1n) is 6.89. The molecule has 0 radical (unpaired) electrons. The van der Waals surface area contributed by atoms with Crippen LogP contribution in [0, 0.1) is 6.92 Å². The van der Waals surface area contributed by atoms with Gasteiger partial charge < -0.3 is 4.98 Å². The second-order valence-corrected chi connectivity index (χ2v) is 8.65. The maximum atomic E-state index is 4.82. The topological polar surface area (TPSA) is 28.7 Å². The van der Waals surface area contributed by atoms with Gasteiger partial charge in [0, 0.05) is 35.6 Å². The Labute approximate surface area is 168 Å². The van der Waals surface area contributed by atoms with Crippen molar-refractivity contribution in [2.24, 2.45) is 0 Å². The zero-order valence-electron chi connectivity index (χ0n) is 12.1. The van der Waals surface area contributed by atoms with E-state index >= 15 is 0 Å². The minimum Gasteiger partial charge on any atom is -0.345 e. The average Bonchev–Trinajstić information content (AvgIpc) is 2.81. The Kier molecular flexibility index (Phi) is 5.46. The minimum absolute atomic E-state index is 0.758. The van der Waals surface area contributed by atoms with Crippen molar-refractivity contribution in [1.29, 1.82) is 0 Å². The van der Waals surface area contributed by atoms with E-state index in [1.165, 1.54) is 5.56 Å². The fraction of sp³-hybridized carbons (Fsp3) is 0.118. The highest BCUT2D eigenvalue weighted by molar-refractivity contribution is 9.11. The molecule has 3 aromatic rings. The van der Waals surface area contributed by atoms with Crippen molar-refractivity contribution < 1.29 is 0 Å². The highest BCUT2D eigenvalue weighted by Crippen LogP contribution is 2.38. The molecule has 0 aliphatic heterocycles. The Morgan fingerprint density at radius 3 is 2.26 bits per heavy atom. The van der Waals surface area contributed by atoms with Crippen molar-refractivity contribution in [1.82, 2.24) is 9.97 Å². The highest BCUT2D eigenvalue weighted by Gasteiger charge is 2.16. The SMILES string of the molecule is Cc1[nH]c(Cc2ccccc2Br)nc1-c1c(Br)cc(Br)cc1Br. The standard InChI is InChI=1S/C17H12Br4N2/c1-9-17(16-13(20)7-11(18)8-14(16)21)23-15(22-9)6-10-4-2-3-5-12(10)19/h2-5,7-8H,6H2,1H3,(H,22,23). The van der Waals surface area contributed by atoms with Gasteiger partial charge in [-0.25, -0.2) is 4.98 Å². The molecule has 0 saturated carbocycles. The molecule has 0 aliphatic rings. The van der Waals surface area contributed by atoms with Crippen LogP contribution in [0.15, 0.2) is 54.3 Å². The molecule has 23 heavy (non-hydrogen) atoms. The summed E-state index contributed by atoms with van der Waals surface area (Å²) in [5.74, 6) is 0.950. The van der Waals surface area contributed by atoms with Crippen LogP contribution in [0.25, 0.3) is 11.3 Å². The van der Waals surface area contributed by atoms with Gasteiger partial charge in [0.15, 0.2) is 0 Å². The number of aromatic nitrogens is 2. The van der Waals surface area contributed by atoms with Gasteiger partial charge in [0.25, 0.3) is 0 Å². The highest BCUT2D eigenvalue weighted by atomic mass is 79.9. The minimum atomic E-state index is 0.758. The van der Waals surface area contributed by atoms with Gasteiger partial charge in [0.05, 0.1) is 5.69 Å². The van der Waals surface area contributed by atoms with Gasteiger partial charge in [-0.05, 0) is 30.7 Å². The summed E-state index contributed by atoms with van der Waals surface area (Å²) in [5.41, 5.74) is 4.27. The van der Waals surface area contributed by atoms with E-state index in [1.54, 1.807) is 0 Å². The number of nitrogens with zero attached hydrogens (tertiary/aromatic N) is 1. The van der Waals surface area contributed by atoms with E-state index in [1.807, 2.05) is 37.3 Å². The molecule has 1 aromatic heterocycles. The van der Waals surface area contributed by atoms with E-state index < -0.39 is 0 Å². The molecule has 0 bridgehead atoms. The number of aryl methyl sites for hydroxylation is 1. The zero-order valence-corrected chi connectivity index (χ0v) is 18.5. The summed E-state index contributed by atoms with van der Waals surface area (Å²) in [5, 5.41) is 0. The molecule has 1 heterocycles. The Bertz CT molecular complexity index is 848. The fourth-order valence-corrected chi connectivity index (χ4v) is 5.50. The van der Waals surface area contributed by atoms with E-state index in [0.717, 1.165) is 47.1 Å². The zero-order chi connectivity index (χ0) is 16.6. The molecular weight excluding hydrogens is 552 g/mol. The van der Waals surface area contributed by atoms with Gasteiger partial charge in [0.1, 0.15) is 5.82 Å². The van der Waals surface area contributed by atoms with Crippen LogP contribution in [-0.2, 0) is 6.42 Å². The second-order valence-electron chi connectivity index (χ2n) is 5.17. The van der Waals surface area contributed by atoms with Crippen molar-refractivity contribution in [2.45, 2.75) is 13.3 Å². The van der Waals surface area contributed by atoms with Gasteiger partial charge in [0.2, 0.25) is 0 Å². The molecule has 3 rings (SSSR count). The molecule has 0 saturated heterocycles. The third-order valence-corrected chi connectivity index (χ3v) is 5.98. The van der Waals surface area contributed by atoms with Crippen LogP contribution in [0.3, 0.4) is 0 Å². The predicted molar refractivity (Wildman–Crippen MR) is 109 cm³/mol. The van der Waals surface area contributed by atoms with Crippen LogP contribution in [0.2, 0.25) is 0 Å². The molecule has 6 heteroatoms. The van der Waals surface area contributed by atoms with Crippen molar-refractivity contribution in [3.63, 3.8) is 0 Å². The Morgan fingerprint density at radius 2 is 1.61 bits per heavy atom. The normalized spacial score (nSPS) is 11.0. The molecule has 0 atom stereocenters. The summed E-state index contributed by atoms with van der Waals surface area (Å²) < 4.78 is 4.12. The smallest absolute Gasteiger partial charge is 0.111 e. The quantitative estimate of drug-likeness (QED) is 0.364. The molecular formula is C17H12Br4N2. The lowest BCUT2D eigenvalue weighted by Gasteiger charge is -2.06. The number of H-pyrrole nitrogens is 1. The lowest BCUT2D eigenvalue weighted by atomic mass is 10.1. The lowest BCUT2D eigenvalue weighted by molar-refractivity contribution is 1.01. The average molecular weight is 564 g/mol. The fourth-order valence-electron chi connectivity index (χ4n) is 2.44. The Balaban J connectivity index is 2.01. The summed E-state index contributed by atoms with van der Waals surface area (Å²) in [7, 11) is 0. The van der Waals surface area contributed by atoms with Gasteiger partial charge in [-0.2, -0.15) is 0 Å². The first-order chi connectivity index (χ1) is 11.0. The van der Waals surface area contributed by atoms with Crippen LogP contribution in [0.1, 0.15) is 17.1 Å². The van der Waals surface area contributed by atoms with Crippen LogP contribution in [-0.4, -0.2) is 9.97 Å². The predicted octanol–water partition coefficient (Wildman–Crippen LogP) is 7.03. The molecule has 2 nitrogen and oxygen atoms in total. The van der Waals surface area contributed by atoms with Crippen molar-refractivity contribution >= 4 is 63.7 Å². The molecule has 0 unspecified atom stereocenters. The molecule has 0 aliphatic carbocycles. The third-order valence-electron chi connectivity index (χ3n) is 3.49. The number of halogens is 4. The molecule has 0 fully saturated rings.